The van der Waals surface area contributed by atoms with Crippen LogP contribution in [-0.2, 0) is 11.8 Å². The highest BCUT2D eigenvalue weighted by Gasteiger charge is 2.09. The molecule has 2 N–H and O–H groups in total. The van der Waals surface area contributed by atoms with Crippen LogP contribution in [0.3, 0.4) is 0 Å². The summed E-state index contributed by atoms with van der Waals surface area (Å²) >= 11 is 1.38. The van der Waals surface area contributed by atoms with Gasteiger partial charge in [-0.1, -0.05) is 84.6 Å². The number of carbonyl (C=O) groups excluding carboxylic acids is 1. The Balaban J connectivity index is 1.38. The summed E-state index contributed by atoms with van der Waals surface area (Å²) in [5, 5.41) is 10.8. The zero-order valence-electron chi connectivity index (χ0n) is 18.7. The molecule has 0 saturated heterocycles. The van der Waals surface area contributed by atoms with Crippen molar-refractivity contribution < 1.29 is 4.79 Å². The third kappa shape index (κ3) is 5.13. The molecule has 6 heteroatoms. The molecule has 0 spiro atoms. The van der Waals surface area contributed by atoms with E-state index in [4.69, 9.17) is 0 Å². The van der Waals surface area contributed by atoms with Crippen molar-refractivity contribution in [3.8, 4) is 33.4 Å². The van der Waals surface area contributed by atoms with Gasteiger partial charge in [0.05, 0.1) is 5.75 Å². The number of nitrogens with zero attached hydrogens (tertiary/aromatic N) is 2. The van der Waals surface area contributed by atoms with E-state index in [1.165, 1.54) is 34.0 Å². The van der Waals surface area contributed by atoms with E-state index in [0.29, 0.717) is 5.75 Å². The summed E-state index contributed by atoms with van der Waals surface area (Å²) in [6.45, 7) is 0. The molecule has 1 heterocycles. The first-order valence-corrected chi connectivity index (χ1v) is 12.0. The van der Waals surface area contributed by atoms with Crippen LogP contribution in [0.15, 0.2) is 108 Å². The fraction of sp³-hybridized carbons (Fsp3) is 0.0714. The maximum Gasteiger partial charge on any atom is 0.234 e. The van der Waals surface area contributed by atoms with Crippen LogP contribution >= 0.6 is 11.8 Å². The fourth-order valence-corrected chi connectivity index (χ4v) is 4.52. The van der Waals surface area contributed by atoms with Crippen LogP contribution in [0.1, 0.15) is 0 Å². The van der Waals surface area contributed by atoms with E-state index in [-0.39, 0.29) is 5.91 Å². The van der Waals surface area contributed by atoms with Gasteiger partial charge in [-0.25, -0.2) is 4.80 Å². The van der Waals surface area contributed by atoms with Crippen molar-refractivity contribution in [2.75, 3.05) is 11.1 Å². The van der Waals surface area contributed by atoms with Gasteiger partial charge in [0.25, 0.3) is 0 Å². The van der Waals surface area contributed by atoms with Gasteiger partial charge in [0.2, 0.25) is 11.1 Å². The predicted octanol–water partition coefficient (Wildman–Crippen LogP) is 6.48. The van der Waals surface area contributed by atoms with Crippen LogP contribution in [0.2, 0.25) is 0 Å². The molecule has 5 rings (SSSR count). The number of hydrogen-bond acceptors (Lipinski definition) is 3. The minimum Gasteiger partial charge on any atom is -0.325 e. The SMILES string of the molecule is Cn1nc(SCC(=O)Nc2ccc(-c3cc(-c4ccccc4)cc(-c4ccccc4)c3)cc2)[nH]1. The molecule has 5 nitrogen and oxygen atoms in total. The van der Waals surface area contributed by atoms with Crippen molar-refractivity contribution >= 4 is 23.4 Å². The van der Waals surface area contributed by atoms with Crippen molar-refractivity contribution in [1.29, 1.82) is 0 Å². The molecular formula is C28H24N4OS. The molecule has 0 aliphatic rings. The molecule has 0 saturated carbocycles. The van der Waals surface area contributed by atoms with Crippen LogP contribution in [0.25, 0.3) is 33.4 Å². The smallest absolute Gasteiger partial charge is 0.234 e. The lowest BCUT2D eigenvalue weighted by Gasteiger charge is -2.12. The van der Waals surface area contributed by atoms with Crippen molar-refractivity contribution in [2.45, 2.75) is 5.16 Å². The summed E-state index contributed by atoms with van der Waals surface area (Å²) < 4.78 is 0. The summed E-state index contributed by atoms with van der Waals surface area (Å²) in [5.41, 5.74) is 7.70. The standard InChI is InChI=1S/C28H24N4OS/c1-32-30-28(31-32)34-19-27(33)29-26-14-12-22(13-15-26)25-17-23(20-8-4-2-5-9-20)16-24(18-25)21-10-6-3-7-11-21/h2-18H,19H2,1H3,(H,29,33)(H,30,31). The van der Waals surface area contributed by atoms with E-state index in [2.05, 4.69) is 82.2 Å². The number of aromatic amines is 1. The highest BCUT2D eigenvalue weighted by Crippen LogP contribution is 2.33. The number of aryl methyl sites for hydroxylation is 1. The first kappa shape index (κ1) is 21.8. The van der Waals surface area contributed by atoms with E-state index >= 15 is 0 Å². The number of anilines is 1. The summed E-state index contributed by atoms with van der Waals surface area (Å²) in [6, 6.07) is 35.5. The lowest BCUT2D eigenvalue weighted by atomic mass is 9.93. The summed E-state index contributed by atoms with van der Waals surface area (Å²) in [5.74, 6) is 0.246. The van der Waals surface area contributed by atoms with E-state index in [1.807, 2.05) is 43.4 Å². The van der Waals surface area contributed by atoms with Gasteiger partial charge in [0.15, 0.2) is 0 Å². The van der Waals surface area contributed by atoms with Gasteiger partial charge in [-0.2, -0.15) is 0 Å². The molecule has 0 unspecified atom stereocenters. The number of thioether (sulfide) groups is 1. The van der Waals surface area contributed by atoms with Gasteiger partial charge in [0.1, 0.15) is 0 Å². The lowest BCUT2D eigenvalue weighted by molar-refractivity contribution is -0.113. The first-order valence-electron chi connectivity index (χ1n) is 11.0. The monoisotopic (exact) mass is 464 g/mol. The topological polar surface area (TPSA) is 62.7 Å². The highest BCUT2D eigenvalue weighted by atomic mass is 32.2. The number of amides is 1. The number of rotatable bonds is 7. The number of H-pyrrole nitrogens is 1. The van der Waals surface area contributed by atoms with Crippen LogP contribution in [0, 0.1) is 0 Å². The first-order chi connectivity index (χ1) is 16.6. The Labute approximate surface area is 202 Å². The van der Waals surface area contributed by atoms with Gasteiger partial charge in [-0.3, -0.25) is 9.89 Å². The Bertz CT molecular complexity index is 1320. The number of carbonyl (C=O) groups is 1. The number of aromatic nitrogens is 3. The molecule has 5 aromatic rings. The number of hydrogen-bond donors (Lipinski definition) is 2. The van der Waals surface area contributed by atoms with Crippen LogP contribution in [0.5, 0.6) is 0 Å². The summed E-state index contributed by atoms with van der Waals surface area (Å²) in [6.07, 6.45) is 0. The molecule has 0 bridgehead atoms. The van der Waals surface area contributed by atoms with Crippen molar-refractivity contribution in [1.82, 2.24) is 15.0 Å². The van der Waals surface area contributed by atoms with Gasteiger partial charge in [0, 0.05) is 12.7 Å². The fourth-order valence-electron chi connectivity index (χ4n) is 3.80. The molecule has 0 atom stereocenters. The van der Waals surface area contributed by atoms with Gasteiger partial charge >= 0.3 is 0 Å². The van der Waals surface area contributed by atoms with Crippen LogP contribution < -0.4 is 5.32 Å². The molecule has 0 radical (unpaired) electrons. The molecule has 4 aromatic carbocycles. The van der Waals surface area contributed by atoms with Crippen LogP contribution in [0.4, 0.5) is 5.69 Å². The van der Waals surface area contributed by atoms with Gasteiger partial charge < -0.3 is 5.32 Å². The zero-order valence-corrected chi connectivity index (χ0v) is 19.5. The normalized spacial score (nSPS) is 10.9. The maximum absolute atomic E-state index is 12.3. The Morgan fingerprint density at radius 3 is 1.71 bits per heavy atom. The molecule has 34 heavy (non-hydrogen) atoms. The minimum atomic E-state index is -0.0609. The zero-order chi connectivity index (χ0) is 23.3. The Hall–Kier alpha value is -4.03. The second kappa shape index (κ2) is 9.85. The highest BCUT2D eigenvalue weighted by molar-refractivity contribution is 7.99. The van der Waals surface area contributed by atoms with Crippen molar-refractivity contribution in [3.05, 3.63) is 103 Å². The second-order valence-electron chi connectivity index (χ2n) is 7.99. The van der Waals surface area contributed by atoms with Gasteiger partial charge in [-0.05, 0) is 63.7 Å². The summed E-state index contributed by atoms with van der Waals surface area (Å²) in [7, 11) is 1.81. The minimum absolute atomic E-state index is 0.0609. The van der Waals surface area contributed by atoms with Crippen molar-refractivity contribution in [3.63, 3.8) is 0 Å². The molecular weight excluding hydrogens is 440 g/mol. The average Bonchev–Trinajstić information content (AvgIpc) is 2.87. The Morgan fingerprint density at radius 2 is 1.24 bits per heavy atom. The Kier molecular flexibility index (Phi) is 6.31. The number of nitrogens with one attached hydrogen (secondary N) is 2. The van der Waals surface area contributed by atoms with E-state index in [1.54, 1.807) is 4.80 Å². The average molecular weight is 465 g/mol. The van der Waals surface area contributed by atoms with Crippen LogP contribution in [-0.4, -0.2) is 26.7 Å². The van der Waals surface area contributed by atoms with E-state index in [9.17, 15) is 4.79 Å². The third-order valence-electron chi connectivity index (χ3n) is 5.49. The second-order valence-corrected chi connectivity index (χ2v) is 8.95. The van der Waals surface area contributed by atoms with Crippen molar-refractivity contribution in [2.24, 2.45) is 7.05 Å². The largest absolute Gasteiger partial charge is 0.325 e. The molecule has 0 aliphatic heterocycles. The van der Waals surface area contributed by atoms with E-state index in [0.717, 1.165) is 22.0 Å². The molecule has 1 aromatic heterocycles. The molecule has 1 amide bonds. The molecule has 0 fully saturated rings. The predicted molar refractivity (Wildman–Crippen MR) is 140 cm³/mol. The van der Waals surface area contributed by atoms with E-state index < -0.39 is 0 Å². The van der Waals surface area contributed by atoms with Gasteiger partial charge in [-0.15, -0.1) is 5.10 Å². The molecule has 0 aliphatic carbocycles. The number of benzene rings is 4. The Morgan fingerprint density at radius 1 is 0.765 bits per heavy atom. The molecule has 168 valence electrons. The lowest BCUT2D eigenvalue weighted by Crippen LogP contribution is -2.17. The third-order valence-corrected chi connectivity index (χ3v) is 6.34. The quantitative estimate of drug-likeness (QED) is 0.271. The summed E-state index contributed by atoms with van der Waals surface area (Å²) in [4.78, 5) is 13.9. The maximum atomic E-state index is 12.3.